The third kappa shape index (κ3) is 11.9. The highest BCUT2D eigenvalue weighted by molar-refractivity contribution is 4.64. The van der Waals surface area contributed by atoms with Crippen LogP contribution in [0.2, 0.25) is 0 Å². The molecule has 0 radical (unpaired) electrons. The van der Waals surface area contributed by atoms with E-state index >= 15 is 0 Å². The zero-order chi connectivity index (χ0) is 10.9. The molecule has 0 aliphatic rings. The lowest BCUT2D eigenvalue weighted by Crippen LogP contribution is -2.29. The summed E-state index contributed by atoms with van der Waals surface area (Å²) in [5.41, 5.74) is 0.357. The molecule has 0 atom stereocenters. The molecule has 0 saturated heterocycles. The number of methoxy groups -OCH3 is 1. The summed E-state index contributed by atoms with van der Waals surface area (Å²) < 4.78 is 10.3. The minimum Gasteiger partial charge on any atom is -0.385 e. The van der Waals surface area contributed by atoms with Crippen molar-refractivity contribution in [3.05, 3.63) is 0 Å². The summed E-state index contributed by atoms with van der Waals surface area (Å²) in [6, 6.07) is 0. The van der Waals surface area contributed by atoms with Gasteiger partial charge >= 0.3 is 0 Å². The van der Waals surface area contributed by atoms with Crippen molar-refractivity contribution < 1.29 is 9.47 Å². The first-order valence-electron chi connectivity index (χ1n) is 5.33. The van der Waals surface area contributed by atoms with Gasteiger partial charge in [-0.1, -0.05) is 20.8 Å². The molecule has 0 unspecified atom stereocenters. The minimum atomic E-state index is 0.357. The molecule has 0 aliphatic heterocycles. The third-order valence-corrected chi connectivity index (χ3v) is 1.72. The standard InChI is InChI=1S/C11H25NO2/c1-11(2,3)10-12-6-9-14-8-5-7-13-4/h12H,5-10H2,1-4H3. The molecule has 3 nitrogen and oxygen atoms in total. The molecule has 0 aromatic rings. The molecule has 14 heavy (non-hydrogen) atoms. The molecule has 0 fully saturated rings. The average Bonchev–Trinajstić information content (AvgIpc) is 2.08. The third-order valence-electron chi connectivity index (χ3n) is 1.72. The quantitative estimate of drug-likeness (QED) is 0.609. The molecule has 0 spiro atoms. The van der Waals surface area contributed by atoms with Crippen molar-refractivity contribution in [1.82, 2.24) is 5.32 Å². The van der Waals surface area contributed by atoms with Crippen molar-refractivity contribution in [3.8, 4) is 0 Å². The summed E-state index contributed by atoms with van der Waals surface area (Å²) in [6.45, 7) is 11.0. The van der Waals surface area contributed by atoms with Crippen LogP contribution in [0, 0.1) is 5.41 Å². The molecule has 3 heteroatoms. The van der Waals surface area contributed by atoms with Crippen molar-refractivity contribution >= 4 is 0 Å². The fraction of sp³-hybridized carbons (Fsp3) is 1.00. The van der Waals surface area contributed by atoms with E-state index in [9.17, 15) is 0 Å². The van der Waals surface area contributed by atoms with E-state index in [1.54, 1.807) is 7.11 Å². The van der Waals surface area contributed by atoms with Gasteiger partial charge in [-0.15, -0.1) is 0 Å². The second kappa shape index (κ2) is 8.21. The number of rotatable bonds is 8. The van der Waals surface area contributed by atoms with Crippen molar-refractivity contribution in [2.75, 3.05) is 40.0 Å². The fourth-order valence-corrected chi connectivity index (χ4v) is 1.02. The first-order chi connectivity index (χ1) is 6.56. The summed E-state index contributed by atoms with van der Waals surface area (Å²) in [7, 11) is 1.71. The highest BCUT2D eigenvalue weighted by atomic mass is 16.5. The van der Waals surface area contributed by atoms with Crippen LogP contribution in [0.3, 0.4) is 0 Å². The van der Waals surface area contributed by atoms with Crippen LogP contribution in [0.25, 0.3) is 0 Å². The molecule has 86 valence electrons. The summed E-state index contributed by atoms with van der Waals surface area (Å²) in [5.74, 6) is 0. The van der Waals surface area contributed by atoms with E-state index in [1.807, 2.05) is 0 Å². The van der Waals surface area contributed by atoms with Gasteiger partial charge in [-0.25, -0.2) is 0 Å². The van der Waals surface area contributed by atoms with E-state index in [0.717, 1.165) is 39.3 Å². The van der Waals surface area contributed by atoms with Crippen molar-refractivity contribution in [1.29, 1.82) is 0 Å². The van der Waals surface area contributed by atoms with Gasteiger partial charge in [0.1, 0.15) is 0 Å². The first-order valence-corrected chi connectivity index (χ1v) is 5.33. The maximum atomic E-state index is 5.41. The summed E-state index contributed by atoms with van der Waals surface area (Å²) in [5, 5.41) is 3.36. The lowest BCUT2D eigenvalue weighted by atomic mass is 9.97. The normalized spacial score (nSPS) is 12.0. The van der Waals surface area contributed by atoms with E-state index in [4.69, 9.17) is 9.47 Å². The summed E-state index contributed by atoms with van der Waals surface area (Å²) in [4.78, 5) is 0. The van der Waals surface area contributed by atoms with Crippen LogP contribution < -0.4 is 5.32 Å². The van der Waals surface area contributed by atoms with Crippen LogP contribution in [-0.2, 0) is 9.47 Å². The molecule has 1 N–H and O–H groups in total. The molecular formula is C11H25NO2. The first kappa shape index (κ1) is 13.9. The summed E-state index contributed by atoms with van der Waals surface area (Å²) in [6.07, 6.45) is 0.982. The second-order valence-electron chi connectivity index (χ2n) is 4.70. The van der Waals surface area contributed by atoms with E-state index in [1.165, 1.54) is 0 Å². The molecule has 0 aromatic carbocycles. The Balaban J connectivity index is 2.99. The van der Waals surface area contributed by atoms with Crippen LogP contribution in [0.5, 0.6) is 0 Å². The van der Waals surface area contributed by atoms with Gasteiger partial charge in [-0.2, -0.15) is 0 Å². The van der Waals surface area contributed by atoms with Gasteiger partial charge in [0.15, 0.2) is 0 Å². The van der Waals surface area contributed by atoms with Crippen LogP contribution in [0.4, 0.5) is 0 Å². The van der Waals surface area contributed by atoms with Crippen molar-refractivity contribution in [3.63, 3.8) is 0 Å². The molecule has 0 bridgehead atoms. The van der Waals surface area contributed by atoms with E-state index in [0.29, 0.717) is 5.41 Å². The zero-order valence-electron chi connectivity index (χ0n) is 10.1. The van der Waals surface area contributed by atoms with Crippen LogP contribution >= 0.6 is 0 Å². The highest BCUT2D eigenvalue weighted by Crippen LogP contribution is 2.09. The Morgan fingerprint density at radius 2 is 1.79 bits per heavy atom. The van der Waals surface area contributed by atoms with Crippen LogP contribution in [-0.4, -0.2) is 40.0 Å². The van der Waals surface area contributed by atoms with Gasteiger partial charge in [0.05, 0.1) is 6.61 Å². The SMILES string of the molecule is COCCCOCCNCC(C)(C)C. The molecule has 0 saturated carbocycles. The van der Waals surface area contributed by atoms with Gasteiger partial charge in [-0.3, -0.25) is 0 Å². The van der Waals surface area contributed by atoms with Gasteiger partial charge in [0, 0.05) is 33.4 Å². The molecule has 0 amide bonds. The Morgan fingerprint density at radius 1 is 1.07 bits per heavy atom. The predicted molar refractivity (Wildman–Crippen MR) is 59.6 cm³/mol. The molecule has 0 rings (SSSR count). The summed E-state index contributed by atoms with van der Waals surface area (Å²) >= 11 is 0. The van der Waals surface area contributed by atoms with E-state index < -0.39 is 0 Å². The number of nitrogens with one attached hydrogen (secondary N) is 1. The Kier molecular flexibility index (Phi) is 8.14. The second-order valence-corrected chi connectivity index (χ2v) is 4.70. The van der Waals surface area contributed by atoms with Gasteiger partial charge in [0.2, 0.25) is 0 Å². The Labute approximate surface area is 88.2 Å². The predicted octanol–water partition coefficient (Wildman–Crippen LogP) is 1.68. The lowest BCUT2D eigenvalue weighted by molar-refractivity contribution is 0.103. The smallest absolute Gasteiger partial charge is 0.0590 e. The number of hydrogen-bond acceptors (Lipinski definition) is 3. The van der Waals surface area contributed by atoms with Crippen molar-refractivity contribution in [2.45, 2.75) is 27.2 Å². The molecule has 0 aromatic heterocycles. The van der Waals surface area contributed by atoms with E-state index in [-0.39, 0.29) is 0 Å². The Morgan fingerprint density at radius 3 is 2.36 bits per heavy atom. The lowest BCUT2D eigenvalue weighted by Gasteiger charge is -2.18. The van der Waals surface area contributed by atoms with Crippen LogP contribution in [0.15, 0.2) is 0 Å². The maximum Gasteiger partial charge on any atom is 0.0590 e. The molecule has 0 aliphatic carbocycles. The van der Waals surface area contributed by atoms with Crippen LogP contribution in [0.1, 0.15) is 27.2 Å². The largest absolute Gasteiger partial charge is 0.385 e. The highest BCUT2D eigenvalue weighted by Gasteiger charge is 2.07. The number of ether oxygens (including phenoxy) is 2. The number of hydrogen-bond donors (Lipinski definition) is 1. The zero-order valence-corrected chi connectivity index (χ0v) is 10.1. The molecular weight excluding hydrogens is 178 g/mol. The van der Waals surface area contributed by atoms with Gasteiger partial charge in [-0.05, 0) is 11.8 Å². The van der Waals surface area contributed by atoms with Gasteiger partial charge < -0.3 is 14.8 Å². The maximum absolute atomic E-state index is 5.41. The van der Waals surface area contributed by atoms with E-state index in [2.05, 4.69) is 26.1 Å². The average molecular weight is 203 g/mol. The topological polar surface area (TPSA) is 30.5 Å². The molecule has 0 heterocycles. The Hall–Kier alpha value is -0.120. The monoisotopic (exact) mass is 203 g/mol. The van der Waals surface area contributed by atoms with Gasteiger partial charge in [0.25, 0.3) is 0 Å². The van der Waals surface area contributed by atoms with Crippen molar-refractivity contribution in [2.24, 2.45) is 5.41 Å². The Bertz CT molecular complexity index is 121. The fourth-order valence-electron chi connectivity index (χ4n) is 1.02. The minimum absolute atomic E-state index is 0.357.